The van der Waals surface area contributed by atoms with E-state index in [0.29, 0.717) is 5.56 Å². The van der Waals surface area contributed by atoms with Crippen LogP contribution < -0.4 is 5.32 Å². The minimum absolute atomic E-state index is 0.279. The van der Waals surface area contributed by atoms with Gasteiger partial charge in [0.25, 0.3) is 0 Å². The van der Waals surface area contributed by atoms with E-state index in [1.165, 1.54) is 19.3 Å². The van der Waals surface area contributed by atoms with Crippen molar-refractivity contribution in [2.45, 2.75) is 19.8 Å². The summed E-state index contributed by atoms with van der Waals surface area (Å²) < 4.78 is 4.76. The maximum atomic E-state index is 11.5. The fourth-order valence-electron chi connectivity index (χ4n) is 1.75. The van der Waals surface area contributed by atoms with Crippen molar-refractivity contribution in [3.05, 3.63) is 29.3 Å². The number of thioether (sulfide) groups is 1. The van der Waals surface area contributed by atoms with E-state index in [-0.39, 0.29) is 5.97 Å². The van der Waals surface area contributed by atoms with Crippen LogP contribution in [0.4, 0.5) is 5.69 Å². The van der Waals surface area contributed by atoms with E-state index in [0.717, 1.165) is 24.2 Å². The molecule has 0 amide bonds. The second kappa shape index (κ2) is 8.03. The van der Waals surface area contributed by atoms with Gasteiger partial charge in [0.05, 0.1) is 12.7 Å². The maximum absolute atomic E-state index is 11.5. The van der Waals surface area contributed by atoms with E-state index in [4.69, 9.17) is 4.74 Å². The zero-order chi connectivity index (χ0) is 13.4. The SMILES string of the molecule is COC(=O)c1cccc(NCCCCSC)c1C. The number of anilines is 1. The Morgan fingerprint density at radius 1 is 1.39 bits per heavy atom. The lowest BCUT2D eigenvalue weighted by atomic mass is 10.1. The van der Waals surface area contributed by atoms with Gasteiger partial charge in [-0.15, -0.1) is 0 Å². The van der Waals surface area contributed by atoms with Crippen molar-refractivity contribution in [3.63, 3.8) is 0 Å². The number of carbonyl (C=O) groups excluding carboxylic acids is 1. The molecule has 0 aromatic heterocycles. The summed E-state index contributed by atoms with van der Waals surface area (Å²) in [5.74, 6) is 0.918. The lowest BCUT2D eigenvalue weighted by Gasteiger charge is -2.12. The van der Waals surface area contributed by atoms with Gasteiger partial charge in [0, 0.05) is 12.2 Å². The summed E-state index contributed by atoms with van der Waals surface area (Å²) in [6.45, 7) is 2.88. The smallest absolute Gasteiger partial charge is 0.338 e. The average molecular weight is 267 g/mol. The molecule has 100 valence electrons. The molecule has 0 fully saturated rings. The minimum atomic E-state index is -0.279. The fourth-order valence-corrected chi connectivity index (χ4v) is 2.25. The average Bonchev–Trinajstić information content (AvgIpc) is 2.39. The third-order valence-corrected chi connectivity index (χ3v) is 3.53. The van der Waals surface area contributed by atoms with Gasteiger partial charge in [0.1, 0.15) is 0 Å². The first kappa shape index (κ1) is 14.9. The van der Waals surface area contributed by atoms with Gasteiger partial charge in [-0.1, -0.05) is 6.07 Å². The highest BCUT2D eigenvalue weighted by molar-refractivity contribution is 7.98. The summed E-state index contributed by atoms with van der Waals surface area (Å²) in [6.07, 6.45) is 4.48. The molecule has 4 heteroatoms. The summed E-state index contributed by atoms with van der Waals surface area (Å²) >= 11 is 1.87. The van der Waals surface area contributed by atoms with Gasteiger partial charge in [-0.25, -0.2) is 4.79 Å². The molecule has 0 saturated heterocycles. The van der Waals surface area contributed by atoms with E-state index in [1.807, 2.05) is 30.8 Å². The third-order valence-electron chi connectivity index (χ3n) is 2.83. The lowest BCUT2D eigenvalue weighted by Crippen LogP contribution is -2.08. The molecule has 3 nitrogen and oxygen atoms in total. The lowest BCUT2D eigenvalue weighted by molar-refractivity contribution is 0.0600. The molecule has 0 aliphatic heterocycles. The molecule has 0 unspecified atom stereocenters. The van der Waals surface area contributed by atoms with Crippen molar-refractivity contribution in [2.75, 3.05) is 31.0 Å². The van der Waals surface area contributed by atoms with Crippen molar-refractivity contribution in [1.82, 2.24) is 0 Å². The molecule has 1 N–H and O–H groups in total. The molecular formula is C14H21NO2S. The summed E-state index contributed by atoms with van der Waals surface area (Å²) in [4.78, 5) is 11.5. The Labute approximate surface area is 113 Å². The predicted molar refractivity (Wildman–Crippen MR) is 78.6 cm³/mol. The van der Waals surface area contributed by atoms with Gasteiger partial charge in [-0.05, 0) is 49.5 Å². The van der Waals surface area contributed by atoms with E-state index in [1.54, 1.807) is 6.07 Å². The molecule has 0 radical (unpaired) electrons. The van der Waals surface area contributed by atoms with Crippen molar-refractivity contribution in [2.24, 2.45) is 0 Å². The Hall–Kier alpha value is -1.16. The van der Waals surface area contributed by atoms with Crippen molar-refractivity contribution in [3.8, 4) is 0 Å². The number of esters is 1. The predicted octanol–water partition coefficient (Wildman–Crippen LogP) is 3.34. The van der Waals surface area contributed by atoms with Crippen LogP contribution in [0.15, 0.2) is 18.2 Å². The quantitative estimate of drug-likeness (QED) is 0.607. The van der Waals surface area contributed by atoms with Crippen LogP contribution in [0.1, 0.15) is 28.8 Å². The topological polar surface area (TPSA) is 38.3 Å². The molecule has 0 aliphatic rings. The number of rotatable bonds is 7. The van der Waals surface area contributed by atoms with Gasteiger partial charge < -0.3 is 10.1 Å². The molecule has 0 atom stereocenters. The molecule has 0 aliphatic carbocycles. The van der Waals surface area contributed by atoms with Gasteiger partial charge in [0.15, 0.2) is 0 Å². The molecule has 1 rings (SSSR count). The molecule has 0 heterocycles. The van der Waals surface area contributed by atoms with Crippen LogP contribution in [-0.4, -0.2) is 31.6 Å². The highest BCUT2D eigenvalue weighted by Gasteiger charge is 2.11. The van der Waals surface area contributed by atoms with Gasteiger partial charge in [0.2, 0.25) is 0 Å². The molecule has 18 heavy (non-hydrogen) atoms. The van der Waals surface area contributed by atoms with Crippen LogP contribution in [-0.2, 0) is 4.74 Å². The fraction of sp³-hybridized carbons (Fsp3) is 0.500. The van der Waals surface area contributed by atoms with E-state index in [2.05, 4.69) is 11.6 Å². The van der Waals surface area contributed by atoms with E-state index in [9.17, 15) is 4.79 Å². The number of ether oxygens (including phenoxy) is 1. The number of carbonyl (C=O) groups is 1. The van der Waals surface area contributed by atoms with Crippen molar-refractivity contribution >= 4 is 23.4 Å². The Morgan fingerprint density at radius 3 is 2.83 bits per heavy atom. The van der Waals surface area contributed by atoms with Gasteiger partial charge in [-0.2, -0.15) is 11.8 Å². The Balaban J connectivity index is 2.58. The second-order valence-electron chi connectivity index (χ2n) is 4.10. The minimum Gasteiger partial charge on any atom is -0.465 e. The largest absolute Gasteiger partial charge is 0.465 e. The summed E-state index contributed by atoms with van der Waals surface area (Å²) in [7, 11) is 1.41. The molecule has 0 saturated carbocycles. The number of unbranched alkanes of at least 4 members (excludes halogenated alkanes) is 1. The number of hydrogen-bond donors (Lipinski definition) is 1. The summed E-state index contributed by atoms with van der Waals surface area (Å²) in [5.41, 5.74) is 2.60. The highest BCUT2D eigenvalue weighted by atomic mass is 32.2. The molecular weight excluding hydrogens is 246 g/mol. The number of benzene rings is 1. The molecule has 0 bridgehead atoms. The second-order valence-corrected chi connectivity index (χ2v) is 5.08. The van der Waals surface area contributed by atoms with Gasteiger partial charge in [-0.3, -0.25) is 0 Å². The third kappa shape index (κ3) is 4.26. The summed E-state index contributed by atoms with van der Waals surface area (Å²) in [5, 5.41) is 3.37. The first-order valence-corrected chi connectivity index (χ1v) is 7.50. The van der Waals surface area contributed by atoms with E-state index >= 15 is 0 Å². The van der Waals surface area contributed by atoms with Crippen molar-refractivity contribution in [1.29, 1.82) is 0 Å². The van der Waals surface area contributed by atoms with Crippen LogP contribution >= 0.6 is 11.8 Å². The van der Waals surface area contributed by atoms with E-state index < -0.39 is 0 Å². The summed E-state index contributed by atoms with van der Waals surface area (Å²) in [6, 6.07) is 5.67. The molecule has 1 aromatic rings. The Bertz CT molecular complexity index is 393. The first-order valence-electron chi connectivity index (χ1n) is 6.11. The van der Waals surface area contributed by atoms with Crippen LogP contribution in [0.5, 0.6) is 0 Å². The standard InChI is InChI=1S/C14H21NO2S/c1-11-12(14(16)17-2)7-6-8-13(11)15-9-4-5-10-18-3/h6-8,15H,4-5,9-10H2,1-3H3. The zero-order valence-corrected chi connectivity index (χ0v) is 12.1. The maximum Gasteiger partial charge on any atom is 0.338 e. The van der Waals surface area contributed by atoms with Crippen LogP contribution in [0.2, 0.25) is 0 Å². The number of hydrogen-bond acceptors (Lipinski definition) is 4. The zero-order valence-electron chi connectivity index (χ0n) is 11.3. The van der Waals surface area contributed by atoms with Crippen LogP contribution in [0, 0.1) is 6.92 Å². The number of nitrogens with one attached hydrogen (secondary N) is 1. The molecule has 0 spiro atoms. The molecule has 1 aromatic carbocycles. The normalized spacial score (nSPS) is 10.2. The van der Waals surface area contributed by atoms with Gasteiger partial charge >= 0.3 is 5.97 Å². The van der Waals surface area contributed by atoms with Crippen LogP contribution in [0.3, 0.4) is 0 Å². The number of methoxy groups -OCH3 is 1. The monoisotopic (exact) mass is 267 g/mol. The Morgan fingerprint density at radius 2 is 2.17 bits per heavy atom. The first-order chi connectivity index (χ1) is 8.70. The van der Waals surface area contributed by atoms with Crippen LogP contribution in [0.25, 0.3) is 0 Å². The Kier molecular flexibility index (Phi) is 6.65. The highest BCUT2D eigenvalue weighted by Crippen LogP contribution is 2.19. The van der Waals surface area contributed by atoms with Crippen molar-refractivity contribution < 1.29 is 9.53 Å².